The number of hydrogen-bond acceptors (Lipinski definition) is 6. The number of nitriles is 1. The molecule has 1 N–H and O–H groups in total. The van der Waals surface area contributed by atoms with Crippen LogP contribution >= 0.6 is 0 Å². The summed E-state index contributed by atoms with van der Waals surface area (Å²) in [6, 6.07) is 1.90. The average molecular weight is 324 g/mol. The minimum Gasteiger partial charge on any atom is -0.472 e. The third kappa shape index (κ3) is 4.15. The molecule has 0 bridgehead atoms. The minimum absolute atomic E-state index is 0.0513. The highest BCUT2D eigenvalue weighted by Gasteiger charge is 2.27. The van der Waals surface area contributed by atoms with Crippen molar-refractivity contribution in [2.24, 2.45) is 0 Å². The van der Waals surface area contributed by atoms with Crippen LogP contribution in [0.25, 0.3) is 0 Å². The molecule has 0 saturated heterocycles. The summed E-state index contributed by atoms with van der Waals surface area (Å²) in [6.45, 7) is 3.32. The van der Waals surface area contributed by atoms with Crippen LogP contribution in [0.1, 0.15) is 45.2 Å². The molecule has 1 aliphatic rings. The van der Waals surface area contributed by atoms with Crippen LogP contribution in [0.5, 0.6) is 5.88 Å². The summed E-state index contributed by atoms with van der Waals surface area (Å²) in [6.07, 6.45) is 5.71. The standard InChI is InChI=1S/C14H20N4O3S/c1-10(2)22(19,20)18-11-3-5-12(6-4-11)21-14-13(9-15)16-7-8-17-14/h7-8,10-12,18H,3-6H2,1-2H3. The van der Waals surface area contributed by atoms with Gasteiger partial charge in [-0.15, -0.1) is 0 Å². The van der Waals surface area contributed by atoms with Gasteiger partial charge in [-0.25, -0.2) is 23.1 Å². The lowest BCUT2D eigenvalue weighted by atomic mass is 9.94. The fraction of sp³-hybridized carbons (Fsp3) is 0.643. The van der Waals surface area contributed by atoms with Gasteiger partial charge in [0.2, 0.25) is 15.7 Å². The minimum atomic E-state index is -3.24. The number of rotatable bonds is 5. The monoisotopic (exact) mass is 324 g/mol. The fourth-order valence-electron chi connectivity index (χ4n) is 2.31. The first-order valence-electron chi connectivity index (χ1n) is 7.31. The van der Waals surface area contributed by atoms with E-state index in [1.165, 1.54) is 12.4 Å². The van der Waals surface area contributed by atoms with Crippen LogP contribution in [0.3, 0.4) is 0 Å². The van der Waals surface area contributed by atoms with Crippen LogP contribution in [-0.4, -0.2) is 35.8 Å². The Hall–Kier alpha value is -1.72. The van der Waals surface area contributed by atoms with Crippen molar-refractivity contribution in [1.82, 2.24) is 14.7 Å². The lowest BCUT2D eigenvalue weighted by molar-refractivity contribution is 0.137. The van der Waals surface area contributed by atoms with E-state index in [1.807, 2.05) is 6.07 Å². The number of nitrogens with zero attached hydrogens (tertiary/aromatic N) is 3. The number of ether oxygens (including phenoxy) is 1. The Labute approximate surface area is 130 Å². The number of sulfonamides is 1. The summed E-state index contributed by atoms with van der Waals surface area (Å²) in [7, 11) is -3.24. The van der Waals surface area contributed by atoms with Crippen molar-refractivity contribution in [2.45, 2.75) is 56.9 Å². The number of hydrogen-bond donors (Lipinski definition) is 1. The van der Waals surface area contributed by atoms with Gasteiger partial charge in [-0.1, -0.05) is 0 Å². The van der Waals surface area contributed by atoms with E-state index < -0.39 is 15.3 Å². The molecule has 0 aromatic carbocycles. The molecule has 0 spiro atoms. The van der Waals surface area contributed by atoms with E-state index in [9.17, 15) is 8.42 Å². The molecule has 8 heteroatoms. The zero-order chi connectivity index (χ0) is 16.2. The van der Waals surface area contributed by atoms with Crippen molar-refractivity contribution < 1.29 is 13.2 Å². The maximum Gasteiger partial charge on any atom is 0.251 e. The molecule has 0 aliphatic heterocycles. The van der Waals surface area contributed by atoms with Crippen molar-refractivity contribution in [1.29, 1.82) is 5.26 Å². The average Bonchev–Trinajstić information content (AvgIpc) is 2.49. The van der Waals surface area contributed by atoms with Crippen molar-refractivity contribution >= 4 is 10.0 Å². The molecule has 0 unspecified atom stereocenters. The first-order chi connectivity index (χ1) is 10.4. The summed E-state index contributed by atoms with van der Waals surface area (Å²) in [5.74, 6) is 0.246. The van der Waals surface area contributed by atoms with Gasteiger partial charge in [0.1, 0.15) is 12.2 Å². The third-order valence-corrected chi connectivity index (χ3v) is 5.58. The Bertz CT molecular complexity index is 646. The molecular formula is C14H20N4O3S. The van der Waals surface area contributed by atoms with Gasteiger partial charge in [0.25, 0.3) is 5.88 Å². The lowest BCUT2D eigenvalue weighted by Gasteiger charge is -2.29. The second kappa shape index (κ2) is 7.03. The molecule has 0 atom stereocenters. The molecule has 1 aliphatic carbocycles. The van der Waals surface area contributed by atoms with Gasteiger partial charge >= 0.3 is 0 Å². The Morgan fingerprint density at radius 2 is 1.91 bits per heavy atom. The smallest absolute Gasteiger partial charge is 0.251 e. The highest BCUT2D eigenvalue weighted by molar-refractivity contribution is 7.90. The molecule has 120 valence electrons. The van der Waals surface area contributed by atoms with Gasteiger partial charge in [-0.2, -0.15) is 5.26 Å². The van der Waals surface area contributed by atoms with E-state index in [-0.39, 0.29) is 23.7 Å². The predicted octanol–water partition coefficient (Wildman–Crippen LogP) is 1.37. The highest BCUT2D eigenvalue weighted by atomic mass is 32.2. The van der Waals surface area contributed by atoms with Gasteiger partial charge in [0.05, 0.1) is 5.25 Å². The normalized spacial score (nSPS) is 22.3. The van der Waals surface area contributed by atoms with Gasteiger partial charge in [0, 0.05) is 18.4 Å². The molecule has 2 rings (SSSR count). The SMILES string of the molecule is CC(C)S(=O)(=O)NC1CCC(Oc2nccnc2C#N)CC1. The highest BCUT2D eigenvalue weighted by Crippen LogP contribution is 2.24. The molecule has 7 nitrogen and oxygen atoms in total. The summed E-state index contributed by atoms with van der Waals surface area (Å²) < 4.78 is 32.2. The maximum atomic E-state index is 11.9. The maximum absolute atomic E-state index is 11.9. The second-order valence-electron chi connectivity index (χ2n) is 5.63. The first kappa shape index (κ1) is 16.6. The molecule has 0 radical (unpaired) electrons. The molecule has 0 amide bonds. The van der Waals surface area contributed by atoms with E-state index in [1.54, 1.807) is 13.8 Å². The Morgan fingerprint density at radius 1 is 1.27 bits per heavy atom. The largest absolute Gasteiger partial charge is 0.472 e. The van der Waals surface area contributed by atoms with Crippen molar-refractivity contribution in [3.05, 3.63) is 18.1 Å². The van der Waals surface area contributed by atoms with Crippen LogP contribution in [-0.2, 0) is 10.0 Å². The zero-order valence-corrected chi connectivity index (χ0v) is 13.5. The van der Waals surface area contributed by atoms with Crippen LogP contribution in [0.15, 0.2) is 12.4 Å². The van der Waals surface area contributed by atoms with E-state index in [0.29, 0.717) is 25.7 Å². The van der Waals surface area contributed by atoms with Gasteiger partial charge in [-0.3, -0.25) is 0 Å². The predicted molar refractivity (Wildman–Crippen MR) is 80.6 cm³/mol. The van der Waals surface area contributed by atoms with Gasteiger partial charge in [-0.05, 0) is 39.5 Å². The molecule has 22 heavy (non-hydrogen) atoms. The molecule has 1 aromatic heterocycles. The molecule has 1 heterocycles. The molecular weight excluding hydrogens is 304 g/mol. The fourth-order valence-corrected chi connectivity index (χ4v) is 3.29. The number of nitrogens with one attached hydrogen (secondary N) is 1. The molecule has 1 fully saturated rings. The molecule has 1 aromatic rings. The molecule has 1 saturated carbocycles. The topological polar surface area (TPSA) is 105 Å². The van der Waals surface area contributed by atoms with Crippen molar-refractivity contribution in [3.8, 4) is 11.9 Å². The van der Waals surface area contributed by atoms with E-state index >= 15 is 0 Å². The Morgan fingerprint density at radius 3 is 2.50 bits per heavy atom. The Kier molecular flexibility index (Phi) is 5.32. The van der Waals surface area contributed by atoms with E-state index in [0.717, 1.165) is 0 Å². The van der Waals surface area contributed by atoms with E-state index in [4.69, 9.17) is 10.00 Å². The number of aromatic nitrogens is 2. The summed E-state index contributed by atoms with van der Waals surface area (Å²) in [4.78, 5) is 7.93. The second-order valence-corrected chi connectivity index (χ2v) is 7.89. The van der Waals surface area contributed by atoms with E-state index in [2.05, 4.69) is 14.7 Å². The summed E-state index contributed by atoms with van der Waals surface area (Å²) in [5.41, 5.74) is 0.171. The quantitative estimate of drug-likeness (QED) is 0.877. The zero-order valence-electron chi connectivity index (χ0n) is 12.7. The first-order valence-corrected chi connectivity index (χ1v) is 8.86. The third-order valence-electron chi connectivity index (χ3n) is 3.67. The van der Waals surface area contributed by atoms with Gasteiger partial charge < -0.3 is 4.74 Å². The van der Waals surface area contributed by atoms with Crippen LogP contribution in [0.4, 0.5) is 0 Å². The van der Waals surface area contributed by atoms with Crippen LogP contribution < -0.4 is 9.46 Å². The summed E-state index contributed by atoms with van der Waals surface area (Å²) in [5, 5.41) is 8.53. The van der Waals surface area contributed by atoms with Crippen molar-refractivity contribution in [2.75, 3.05) is 0 Å². The Balaban J connectivity index is 1.89. The summed E-state index contributed by atoms with van der Waals surface area (Å²) >= 11 is 0. The van der Waals surface area contributed by atoms with Crippen LogP contribution in [0, 0.1) is 11.3 Å². The van der Waals surface area contributed by atoms with Crippen LogP contribution in [0.2, 0.25) is 0 Å². The van der Waals surface area contributed by atoms with Gasteiger partial charge in [0.15, 0.2) is 0 Å². The van der Waals surface area contributed by atoms with Crippen molar-refractivity contribution in [3.63, 3.8) is 0 Å². The lowest BCUT2D eigenvalue weighted by Crippen LogP contribution is -2.42.